The molecule has 0 aliphatic rings. The molecule has 0 radical (unpaired) electrons. The zero-order chi connectivity index (χ0) is 14.7. The van der Waals surface area contributed by atoms with E-state index in [4.69, 9.17) is 11.6 Å². The zero-order valence-corrected chi connectivity index (χ0v) is 13.6. The van der Waals surface area contributed by atoms with Gasteiger partial charge >= 0.3 is 0 Å². The molecule has 1 unspecified atom stereocenters. The second-order valence-electron chi connectivity index (χ2n) is 4.46. The van der Waals surface area contributed by atoms with Crippen LogP contribution in [0.1, 0.15) is 29.9 Å². The Morgan fingerprint density at radius 1 is 1.35 bits per heavy atom. The molecule has 2 aromatic rings. The van der Waals surface area contributed by atoms with Crippen molar-refractivity contribution in [1.29, 1.82) is 0 Å². The molecule has 5 heteroatoms. The highest BCUT2D eigenvalue weighted by molar-refractivity contribution is 9.10. The van der Waals surface area contributed by atoms with Gasteiger partial charge < -0.3 is 5.32 Å². The summed E-state index contributed by atoms with van der Waals surface area (Å²) in [6.07, 6.45) is 0. The normalized spacial score (nSPS) is 12.4. The Labute approximate surface area is 131 Å². The Kier molecular flexibility index (Phi) is 5.13. The third-order valence-corrected chi connectivity index (χ3v) is 4.25. The van der Waals surface area contributed by atoms with Crippen LogP contribution in [0.2, 0.25) is 5.02 Å². The lowest BCUT2D eigenvalue weighted by atomic mass is 10.0. The minimum Gasteiger partial charge on any atom is -0.305 e. The molecule has 2 nitrogen and oxygen atoms in total. The number of pyridine rings is 1. The molecule has 0 bridgehead atoms. The van der Waals surface area contributed by atoms with Crippen molar-refractivity contribution in [1.82, 2.24) is 10.3 Å². The SMILES string of the molecule is CCNC(c1cccc(C)n1)c1ccc(Br)c(Cl)c1F. The summed E-state index contributed by atoms with van der Waals surface area (Å²) in [4.78, 5) is 4.48. The second kappa shape index (κ2) is 6.66. The van der Waals surface area contributed by atoms with E-state index in [1.807, 2.05) is 32.0 Å². The van der Waals surface area contributed by atoms with E-state index in [2.05, 4.69) is 26.2 Å². The van der Waals surface area contributed by atoms with E-state index in [9.17, 15) is 4.39 Å². The van der Waals surface area contributed by atoms with Crippen molar-refractivity contribution < 1.29 is 4.39 Å². The average molecular weight is 358 g/mol. The fraction of sp³-hybridized carbons (Fsp3) is 0.267. The van der Waals surface area contributed by atoms with E-state index in [-0.39, 0.29) is 11.1 Å². The largest absolute Gasteiger partial charge is 0.305 e. The monoisotopic (exact) mass is 356 g/mol. The number of aromatic nitrogens is 1. The molecule has 2 rings (SSSR count). The third-order valence-electron chi connectivity index (χ3n) is 2.99. The summed E-state index contributed by atoms with van der Waals surface area (Å²) in [6.45, 7) is 4.59. The predicted octanol–water partition coefficient (Wildman–Crippen LogP) is 4.64. The van der Waals surface area contributed by atoms with Crippen LogP contribution in [-0.4, -0.2) is 11.5 Å². The van der Waals surface area contributed by atoms with E-state index in [0.717, 1.165) is 11.4 Å². The molecule has 0 amide bonds. The quantitative estimate of drug-likeness (QED) is 0.806. The Hall–Kier alpha value is -0.970. The second-order valence-corrected chi connectivity index (χ2v) is 5.69. The van der Waals surface area contributed by atoms with Crippen molar-refractivity contribution >= 4 is 27.5 Å². The van der Waals surface area contributed by atoms with Crippen LogP contribution in [0, 0.1) is 12.7 Å². The third kappa shape index (κ3) is 3.19. The number of hydrogen-bond acceptors (Lipinski definition) is 2. The van der Waals surface area contributed by atoms with Crippen LogP contribution < -0.4 is 5.32 Å². The van der Waals surface area contributed by atoms with Gasteiger partial charge in [-0.25, -0.2) is 4.39 Å². The van der Waals surface area contributed by atoms with Crippen LogP contribution in [-0.2, 0) is 0 Å². The van der Waals surface area contributed by atoms with Crippen LogP contribution >= 0.6 is 27.5 Å². The summed E-state index contributed by atoms with van der Waals surface area (Å²) >= 11 is 9.20. The fourth-order valence-electron chi connectivity index (χ4n) is 2.07. The Morgan fingerprint density at radius 2 is 2.10 bits per heavy atom. The predicted molar refractivity (Wildman–Crippen MR) is 83.6 cm³/mol. The van der Waals surface area contributed by atoms with Crippen molar-refractivity contribution in [3.05, 3.63) is 62.6 Å². The number of nitrogens with zero attached hydrogens (tertiary/aromatic N) is 1. The van der Waals surface area contributed by atoms with Crippen molar-refractivity contribution in [2.24, 2.45) is 0 Å². The molecular weight excluding hydrogens is 343 g/mol. The first kappa shape index (κ1) is 15.4. The van der Waals surface area contributed by atoms with Gasteiger partial charge in [-0.15, -0.1) is 0 Å². The van der Waals surface area contributed by atoms with E-state index < -0.39 is 5.82 Å². The smallest absolute Gasteiger partial charge is 0.148 e. The maximum absolute atomic E-state index is 14.4. The molecule has 20 heavy (non-hydrogen) atoms. The average Bonchev–Trinajstić information content (AvgIpc) is 2.43. The number of aryl methyl sites for hydroxylation is 1. The summed E-state index contributed by atoms with van der Waals surface area (Å²) in [6, 6.07) is 8.88. The molecule has 0 saturated heterocycles. The Balaban J connectivity index is 2.51. The summed E-state index contributed by atoms with van der Waals surface area (Å²) in [7, 11) is 0. The van der Waals surface area contributed by atoms with Gasteiger partial charge in [0, 0.05) is 15.7 Å². The van der Waals surface area contributed by atoms with Crippen molar-refractivity contribution in [3.8, 4) is 0 Å². The molecule has 0 spiro atoms. The number of nitrogens with one attached hydrogen (secondary N) is 1. The number of benzene rings is 1. The minimum absolute atomic E-state index is 0.0954. The van der Waals surface area contributed by atoms with Gasteiger partial charge in [0.05, 0.1) is 16.8 Å². The summed E-state index contributed by atoms with van der Waals surface area (Å²) in [5, 5.41) is 3.35. The van der Waals surface area contributed by atoms with E-state index in [0.29, 0.717) is 16.6 Å². The minimum atomic E-state index is -0.421. The van der Waals surface area contributed by atoms with E-state index >= 15 is 0 Å². The summed E-state index contributed by atoms with van der Waals surface area (Å²) in [5.74, 6) is -0.421. The van der Waals surface area contributed by atoms with E-state index in [1.54, 1.807) is 12.1 Å². The van der Waals surface area contributed by atoms with Crippen molar-refractivity contribution in [2.75, 3.05) is 6.54 Å². The maximum Gasteiger partial charge on any atom is 0.148 e. The molecule has 106 valence electrons. The van der Waals surface area contributed by atoms with Gasteiger partial charge in [-0.1, -0.05) is 30.7 Å². The molecule has 0 saturated carbocycles. The van der Waals surface area contributed by atoms with Gasteiger partial charge in [0.25, 0.3) is 0 Å². The van der Waals surface area contributed by atoms with Crippen LogP contribution in [0.25, 0.3) is 0 Å². The Bertz CT molecular complexity index is 619. The molecule has 1 aromatic heterocycles. The zero-order valence-electron chi connectivity index (χ0n) is 11.3. The van der Waals surface area contributed by atoms with Gasteiger partial charge in [-0.05, 0) is 47.6 Å². The summed E-state index contributed by atoms with van der Waals surface area (Å²) < 4.78 is 14.9. The highest BCUT2D eigenvalue weighted by atomic mass is 79.9. The van der Waals surface area contributed by atoms with Crippen molar-refractivity contribution in [3.63, 3.8) is 0 Å². The maximum atomic E-state index is 14.4. The van der Waals surface area contributed by atoms with Gasteiger partial charge in [0.2, 0.25) is 0 Å². The van der Waals surface area contributed by atoms with Crippen LogP contribution in [0.5, 0.6) is 0 Å². The molecule has 1 N–H and O–H groups in total. The molecular formula is C15H15BrClFN2. The van der Waals surface area contributed by atoms with Gasteiger partial charge in [0.15, 0.2) is 0 Å². The van der Waals surface area contributed by atoms with Crippen LogP contribution in [0.3, 0.4) is 0 Å². The van der Waals surface area contributed by atoms with Crippen LogP contribution in [0.15, 0.2) is 34.8 Å². The fourth-order valence-corrected chi connectivity index (χ4v) is 2.54. The number of halogens is 3. The standard InChI is InChI=1S/C15H15BrClFN2/c1-3-19-15(12-6-4-5-9(2)20-12)10-7-8-11(16)13(17)14(10)18/h4-8,15,19H,3H2,1-2H3. The molecule has 0 fully saturated rings. The lowest BCUT2D eigenvalue weighted by Gasteiger charge is -2.19. The molecule has 0 aliphatic heterocycles. The highest BCUT2D eigenvalue weighted by Crippen LogP contribution is 2.32. The van der Waals surface area contributed by atoms with Gasteiger partial charge in [-0.2, -0.15) is 0 Å². The Morgan fingerprint density at radius 3 is 2.75 bits per heavy atom. The summed E-state index contributed by atoms with van der Waals surface area (Å²) in [5.41, 5.74) is 2.18. The molecule has 1 atom stereocenters. The number of rotatable bonds is 4. The topological polar surface area (TPSA) is 24.9 Å². The lowest BCUT2D eigenvalue weighted by molar-refractivity contribution is 0.551. The first-order valence-electron chi connectivity index (χ1n) is 6.35. The lowest BCUT2D eigenvalue weighted by Crippen LogP contribution is -2.24. The van der Waals surface area contributed by atoms with E-state index in [1.165, 1.54) is 0 Å². The first-order chi connectivity index (χ1) is 9.54. The molecule has 1 heterocycles. The van der Waals surface area contributed by atoms with Crippen molar-refractivity contribution in [2.45, 2.75) is 19.9 Å². The van der Waals surface area contributed by atoms with Crippen LogP contribution in [0.4, 0.5) is 4.39 Å². The van der Waals surface area contributed by atoms with Gasteiger partial charge in [0.1, 0.15) is 5.82 Å². The van der Waals surface area contributed by atoms with Gasteiger partial charge in [-0.3, -0.25) is 4.98 Å². The number of hydrogen-bond donors (Lipinski definition) is 1. The molecule has 0 aliphatic carbocycles. The highest BCUT2D eigenvalue weighted by Gasteiger charge is 2.21. The first-order valence-corrected chi connectivity index (χ1v) is 7.52. The molecule has 1 aromatic carbocycles.